The molecule has 0 radical (unpaired) electrons. The summed E-state index contributed by atoms with van der Waals surface area (Å²) < 4.78 is 5.69. The molecule has 2 saturated heterocycles. The summed E-state index contributed by atoms with van der Waals surface area (Å²) in [5.41, 5.74) is 0. The van der Waals surface area contributed by atoms with Crippen molar-refractivity contribution in [1.82, 2.24) is 10.2 Å². The van der Waals surface area contributed by atoms with Crippen LogP contribution in [0.15, 0.2) is 0 Å². The normalized spacial score (nSPS) is 36.2. The smallest absolute Gasteiger partial charge is 0.239 e. The number of hydrogen-bond donors (Lipinski definition) is 1. The van der Waals surface area contributed by atoms with Crippen LogP contribution in [0.5, 0.6) is 0 Å². The van der Waals surface area contributed by atoms with E-state index in [2.05, 4.69) is 12.2 Å². The zero-order chi connectivity index (χ0) is 14.7. The molecule has 4 atom stereocenters. The van der Waals surface area contributed by atoms with Gasteiger partial charge in [0.25, 0.3) is 0 Å². The average Bonchev–Trinajstić information content (AvgIpc) is 3.04. The van der Waals surface area contributed by atoms with Crippen LogP contribution in [0.2, 0.25) is 0 Å². The first-order chi connectivity index (χ1) is 10.3. The Morgan fingerprint density at radius 3 is 2.76 bits per heavy atom. The summed E-state index contributed by atoms with van der Waals surface area (Å²) in [7, 11) is 0. The summed E-state index contributed by atoms with van der Waals surface area (Å²) in [6, 6.07) is 0.633. The predicted molar refractivity (Wildman–Crippen MR) is 83.1 cm³/mol. The van der Waals surface area contributed by atoms with Gasteiger partial charge < -0.3 is 15.0 Å². The molecule has 4 unspecified atom stereocenters. The van der Waals surface area contributed by atoms with Gasteiger partial charge in [0.15, 0.2) is 0 Å². The Morgan fingerprint density at radius 1 is 1.14 bits per heavy atom. The van der Waals surface area contributed by atoms with Gasteiger partial charge in [0.2, 0.25) is 5.91 Å². The topological polar surface area (TPSA) is 41.6 Å². The molecule has 21 heavy (non-hydrogen) atoms. The lowest BCUT2D eigenvalue weighted by atomic mass is 9.77. The number of nitrogens with one attached hydrogen (secondary N) is 1. The molecule has 1 aliphatic carbocycles. The minimum absolute atomic E-state index is 0.0469. The van der Waals surface area contributed by atoms with E-state index < -0.39 is 0 Å². The minimum atomic E-state index is 0.0469. The average molecular weight is 294 g/mol. The van der Waals surface area contributed by atoms with E-state index in [0.29, 0.717) is 11.9 Å². The SMILES string of the molecule is CCN(CC1CCCO1)C(=O)C1CCC2CCCCC2N1. The molecule has 0 aromatic rings. The van der Waals surface area contributed by atoms with E-state index in [-0.39, 0.29) is 12.1 Å². The van der Waals surface area contributed by atoms with E-state index in [0.717, 1.165) is 44.9 Å². The second kappa shape index (κ2) is 7.10. The number of amides is 1. The first-order valence-electron chi connectivity index (χ1n) is 8.94. The number of fused-ring (bicyclic) bond motifs is 1. The zero-order valence-corrected chi connectivity index (χ0v) is 13.4. The van der Waals surface area contributed by atoms with Crippen LogP contribution in [0.3, 0.4) is 0 Å². The van der Waals surface area contributed by atoms with Crippen molar-refractivity contribution in [3.8, 4) is 0 Å². The van der Waals surface area contributed by atoms with E-state index in [9.17, 15) is 4.79 Å². The maximum atomic E-state index is 12.8. The summed E-state index contributed by atoms with van der Waals surface area (Å²) in [5.74, 6) is 1.12. The van der Waals surface area contributed by atoms with Gasteiger partial charge in [0.1, 0.15) is 0 Å². The lowest BCUT2D eigenvalue weighted by Crippen LogP contribution is -2.56. The van der Waals surface area contributed by atoms with Crippen LogP contribution in [0.4, 0.5) is 0 Å². The van der Waals surface area contributed by atoms with Crippen LogP contribution in [-0.4, -0.2) is 48.7 Å². The third-order valence-corrected chi connectivity index (χ3v) is 5.59. The maximum Gasteiger partial charge on any atom is 0.239 e. The fraction of sp³-hybridized carbons (Fsp3) is 0.941. The number of nitrogens with zero attached hydrogens (tertiary/aromatic N) is 1. The number of hydrogen-bond acceptors (Lipinski definition) is 3. The molecule has 2 aliphatic heterocycles. The minimum Gasteiger partial charge on any atom is -0.376 e. The van der Waals surface area contributed by atoms with E-state index >= 15 is 0 Å². The van der Waals surface area contributed by atoms with Gasteiger partial charge in [-0.25, -0.2) is 0 Å². The molecule has 0 aromatic heterocycles. The Labute approximate surface area is 128 Å². The van der Waals surface area contributed by atoms with Crippen LogP contribution in [0, 0.1) is 5.92 Å². The Balaban J connectivity index is 1.55. The number of likely N-dealkylation sites (N-methyl/N-ethyl adjacent to an activating group) is 1. The Morgan fingerprint density at radius 2 is 2.00 bits per heavy atom. The van der Waals surface area contributed by atoms with Gasteiger partial charge in [-0.3, -0.25) is 4.79 Å². The molecule has 4 heteroatoms. The second-order valence-corrected chi connectivity index (χ2v) is 6.96. The van der Waals surface area contributed by atoms with E-state index in [1.807, 2.05) is 4.90 Å². The fourth-order valence-corrected chi connectivity index (χ4v) is 4.32. The summed E-state index contributed by atoms with van der Waals surface area (Å²) in [6.07, 6.45) is 10.1. The van der Waals surface area contributed by atoms with Gasteiger partial charge >= 0.3 is 0 Å². The number of carbonyl (C=O) groups is 1. The summed E-state index contributed by atoms with van der Waals surface area (Å²) in [5, 5.41) is 3.66. The van der Waals surface area contributed by atoms with Crippen molar-refractivity contribution >= 4 is 5.91 Å². The van der Waals surface area contributed by atoms with Gasteiger partial charge in [-0.1, -0.05) is 12.8 Å². The number of ether oxygens (including phenoxy) is 1. The van der Waals surface area contributed by atoms with Gasteiger partial charge in [-0.05, 0) is 51.4 Å². The highest BCUT2D eigenvalue weighted by atomic mass is 16.5. The number of rotatable bonds is 4. The third-order valence-electron chi connectivity index (χ3n) is 5.59. The van der Waals surface area contributed by atoms with Crippen molar-refractivity contribution in [3.05, 3.63) is 0 Å². The highest BCUT2D eigenvalue weighted by Crippen LogP contribution is 2.32. The fourth-order valence-electron chi connectivity index (χ4n) is 4.32. The molecule has 1 amide bonds. The first kappa shape index (κ1) is 15.3. The van der Waals surface area contributed by atoms with Crippen LogP contribution >= 0.6 is 0 Å². The number of piperidine rings is 1. The van der Waals surface area contributed by atoms with Gasteiger partial charge in [-0.2, -0.15) is 0 Å². The second-order valence-electron chi connectivity index (χ2n) is 6.96. The number of carbonyl (C=O) groups excluding carboxylic acids is 1. The molecule has 4 nitrogen and oxygen atoms in total. The van der Waals surface area contributed by atoms with Gasteiger partial charge in [0.05, 0.1) is 12.1 Å². The highest BCUT2D eigenvalue weighted by molar-refractivity contribution is 5.82. The van der Waals surface area contributed by atoms with Crippen molar-refractivity contribution in [2.24, 2.45) is 5.92 Å². The molecule has 2 heterocycles. The highest BCUT2D eigenvalue weighted by Gasteiger charge is 2.36. The van der Waals surface area contributed by atoms with Crippen molar-refractivity contribution in [1.29, 1.82) is 0 Å². The molecule has 0 aromatic carbocycles. The molecule has 1 N–H and O–H groups in total. The summed E-state index contributed by atoms with van der Waals surface area (Å²) in [6.45, 7) is 4.52. The monoisotopic (exact) mass is 294 g/mol. The quantitative estimate of drug-likeness (QED) is 0.865. The van der Waals surface area contributed by atoms with Gasteiger partial charge in [0, 0.05) is 25.7 Å². The zero-order valence-electron chi connectivity index (χ0n) is 13.4. The summed E-state index contributed by atoms with van der Waals surface area (Å²) >= 11 is 0. The van der Waals surface area contributed by atoms with Crippen LogP contribution in [0.1, 0.15) is 58.3 Å². The standard InChI is InChI=1S/C17H30N2O2/c1-2-19(12-14-7-5-11-21-14)17(20)16-10-9-13-6-3-4-8-15(13)18-16/h13-16,18H,2-12H2,1H3. The molecule has 1 saturated carbocycles. The Hall–Kier alpha value is -0.610. The largest absolute Gasteiger partial charge is 0.376 e. The van der Waals surface area contributed by atoms with Gasteiger partial charge in [-0.15, -0.1) is 0 Å². The third kappa shape index (κ3) is 3.59. The molecule has 3 rings (SSSR count). The van der Waals surface area contributed by atoms with E-state index in [1.165, 1.54) is 32.1 Å². The molecular weight excluding hydrogens is 264 g/mol. The van der Waals surface area contributed by atoms with Crippen molar-refractivity contribution in [3.63, 3.8) is 0 Å². The summed E-state index contributed by atoms with van der Waals surface area (Å²) in [4.78, 5) is 14.8. The lowest BCUT2D eigenvalue weighted by molar-refractivity contribution is -0.136. The molecule has 3 aliphatic rings. The van der Waals surface area contributed by atoms with E-state index in [4.69, 9.17) is 4.74 Å². The molecule has 0 spiro atoms. The lowest BCUT2D eigenvalue weighted by Gasteiger charge is -2.41. The molecule has 3 fully saturated rings. The molecule has 120 valence electrons. The maximum absolute atomic E-state index is 12.8. The predicted octanol–water partition coefficient (Wildman–Crippen LogP) is 2.32. The molecule has 0 bridgehead atoms. The Bertz CT molecular complexity index is 355. The Kier molecular flexibility index (Phi) is 5.17. The van der Waals surface area contributed by atoms with E-state index in [1.54, 1.807) is 0 Å². The van der Waals surface area contributed by atoms with Crippen LogP contribution in [-0.2, 0) is 9.53 Å². The first-order valence-corrected chi connectivity index (χ1v) is 8.94. The van der Waals surface area contributed by atoms with Crippen molar-refractivity contribution < 1.29 is 9.53 Å². The van der Waals surface area contributed by atoms with Crippen LogP contribution in [0.25, 0.3) is 0 Å². The van der Waals surface area contributed by atoms with Crippen molar-refractivity contribution in [2.75, 3.05) is 19.7 Å². The van der Waals surface area contributed by atoms with Crippen molar-refractivity contribution in [2.45, 2.75) is 76.5 Å². The molecular formula is C17H30N2O2. The van der Waals surface area contributed by atoms with Crippen LogP contribution < -0.4 is 5.32 Å².